The van der Waals surface area contributed by atoms with Crippen LogP contribution in [0.5, 0.6) is 0 Å². The van der Waals surface area contributed by atoms with Gasteiger partial charge in [0, 0.05) is 17.6 Å². The summed E-state index contributed by atoms with van der Waals surface area (Å²) in [6.07, 6.45) is -0.126. The monoisotopic (exact) mass is 252 g/mol. The molecule has 4 heteroatoms. The summed E-state index contributed by atoms with van der Waals surface area (Å²) in [5, 5.41) is 19.3. The standard InChI is InChI=1S/C13H17ClN2O/c1-10(6-7-15)16(2)9-13(17)11-4-3-5-12(14)8-11/h3-5,8,10,13,17H,6,9H2,1-2H3. The maximum absolute atomic E-state index is 10.0. The van der Waals surface area contributed by atoms with Crippen LogP contribution >= 0.6 is 11.6 Å². The molecule has 1 aromatic carbocycles. The second kappa shape index (κ2) is 6.61. The summed E-state index contributed by atoms with van der Waals surface area (Å²) in [7, 11) is 1.90. The van der Waals surface area contributed by atoms with Crippen molar-refractivity contribution in [3.8, 4) is 6.07 Å². The molecule has 0 saturated carbocycles. The van der Waals surface area contributed by atoms with Crippen LogP contribution in [0.25, 0.3) is 0 Å². The first-order valence-electron chi connectivity index (χ1n) is 5.55. The highest BCUT2D eigenvalue weighted by Gasteiger charge is 2.15. The van der Waals surface area contributed by atoms with Crippen LogP contribution in [0.2, 0.25) is 5.02 Å². The SMILES string of the molecule is CC(CC#N)N(C)CC(O)c1cccc(Cl)c1. The lowest BCUT2D eigenvalue weighted by Crippen LogP contribution is -2.32. The van der Waals surface area contributed by atoms with Crippen molar-refractivity contribution in [2.24, 2.45) is 0 Å². The third-order valence-electron chi connectivity index (χ3n) is 2.83. The summed E-state index contributed by atoms with van der Waals surface area (Å²) in [6, 6.07) is 9.46. The number of likely N-dealkylation sites (N-methyl/N-ethyl adjacent to an activating group) is 1. The number of benzene rings is 1. The molecule has 0 amide bonds. The van der Waals surface area contributed by atoms with Gasteiger partial charge in [-0.05, 0) is 31.7 Å². The van der Waals surface area contributed by atoms with Crippen molar-refractivity contribution in [2.45, 2.75) is 25.5 Å². The second-order valence-corrected chi connectivity index (χ2v) is 4.66. The van der Waals surface area contributed by atoms with E-state index in [1.807, 2.05) is 31.0 Å². The Bertz CT molecular complexity index is 403. The Labute approximate surface area is 107 Å². The highest BCUT2D eigenvalue weighted by molar-refractivity contribution is 6.30. The van der Waals surface area contributed by atoms with Crippen LogP contribution in [0.3, 0.4) is 0 Å². The minimum absolute atomic E-state index is 0.133. The molecule has 0 fully saturated rings. The van der Waals surface area contributed by atoms with Gasteiger partial charge in [0.05, 0.1) is 18.6 Å². The van der Waals surface area contributed by atoms with Crippen LogP contribution in [0, 0.1) is 11.3 Å². The Balaban J connectivity index is 2.60. The molecule has 3 nitrogen and oxygen atoms in total. The molecule has 0 aliphatic rings. The van der Waals surface area contributed by atoms with E-state index in [9.17, 15) is 5.11 Å². The highest BCUT2D eigenvalue weighted by atomic mass is 35.5. The van der Waals surface area contributed by atoms with Crippen LogP contribution in [0.15, 0.2) is 24.3 Å². The molecule has 1 N–H and O–H groups in total. The van der Waals surface area contributed by atoms with E-state index < -0.39 is 6.10 Å². The Morgan fingerprint density at radius 3 is 2.82 bits per heavy atom. The Morgan fingerprint density at radius 1 is 1.53 bits per heavy atom. The molecule has 0 aromatic heterocycles. The topological polar surface area (TPSA) is 47.3 Å². The smallest absolute Gasteiger partial charge is 0.0917 e. The number of halogens is 1. The van der Waals surface area contributed by atoms with Crippen molar-refractivity contribution >= 4 is 11.6 Å². The highest BCUT2D eigenvalue weighted by Crippen LogP contribution is 2.19. The number of hydrogen-bond acceptors (Lipinski definition) is 3. The summed E-state index contributed by atoms with van der Waals surface area (Å²) in [4.78, 5) is 1.97. The van der Waals surface area contributed by atoms with E-state index in [4.69, 9.17) is 16.9 Å². The maximum atomic E-state index is 10.0. The fourth-order valence-corrected chi connectivity index (χ4v) is 1.76. The van der Waals surface area contributed by atoms with Gasteiger partial charge in [-0.3, -0.25) is 4.90 Å². The molecular weight excluding hydrogens is 236 g/mol. The van der Waals surface area contributed by atoms with Crippen LogP contribution in [-0.2, 0) is 0 Å². The van der Waals surface area contributed by atoms with Gasteiger partial charge in [-0.25, -0.2) is 0 Å². The van der Waals surface area contributed by atoms with Crippen molar-refractivity contribution in [3.05, 3.63) is 34.9 Å². The number of hydrogen-bond donors (Lipinski definition) is 1. The molecule has 1 aromatic rings. The van der Waals surface area contributed by atoms with E-state index in [0.29, 0.717) is 18.0 Å². The number of aliphatic hydroxyl groups excluding tert-OH is 1. The largest absolute Gasteiger partial charge is 0.387 e. The minimum Gasteiger partial charge on any atom is -0.387 e. The van der Waals surface area contributed by atoms with E-state index in [0.717, 1.165) is 5.56 Å². The molecule has 0 heterocycles. The summed E-state index contributed by atoms with van der Waals surface area (Å²) in [6.45, 7) is 2.46. The van der Waals surface area contributed by atoms with Crippen LogP contribution in [0.1, 0.15) is 25.0 Å². The number of aliphatic hydroxyl groups is 1. The number of rotatable bonds is 5. The van der Waals surface area contributed by atoms with E-state index in [1.54, 1.807) is 12.1 Å². The predicted octanol–water partition coefficient (Wildman–Crippen LogP) is 2.61. The average molecular weight is 253 g/mol. The van der Waals surface area contributed by atoms with Gasteiger partial charge in [0.25, 0.3) is 0 Å². The molecule has 0 aliphatic heterocycles. The Morgan fingerprint density at radius 2 is 2.24 bits per heavy atom. The zero-order chi connectivity index (χ0) is 12.8. The molecule has 17 heavy (non-hydrogen) atoms. The minimum atomic E-state index is -0.583. The summed E-state index contributed by atoms with van der Waals surface area (Å²) < 4.78 is 0. The van der Waals surface area contributed by atoms with Crippen LogP contribution < -0.4 is 0 Å². The van der Waals surface area contributed by atoms with Crippen molar-refractivity contribution in [3.63, 3.8) is 0 Å². The summed E-state index contributed by atoms with van der Waals surface area (Å²) in [5.74, 6) is 0. The zero-order valence-corrected chi connectivity index (χ0v) is 10.9. The number of nitriles is 1. The lowest BCUT2D eigenvalue weighted by atomic mass is 10.1. The fraction of sp³-hybridized carbons (Fsp3) is 0.462. The molecule has 0 bridgehead atoms. The van der Waals surface area contributed by atoms with Gasteiger partial charge >= 0.3 is 0 Å². The first kappa shape index (κ1) is 14.0. The van der Waals surface area contributed by atoms with Crippen LogP contribution in [-0.4, -0.2) is 29.6 Å². The fourth-order valence-electron chi connectivity index (χ4n) is 1.56. The molecule has 0 spiro atoms. The molecule has 2 unspecified atom stereocenters. The lowest BCUT2D eigenvalue weighted by molar-refractivity contribution is 0.109. The molecule has 1 rings (SSSR count). The van der Waals surface area contributed by atoms with Gasteiger partial charge in [0.15, 0.2) is 0 Å². The molecule has 2 atom stereocenters. The molecule has 0 radical (unpaired) electrons. The van der Waals surface area contributed by atoms with Gasteiger partial charge in [0.2, 0.25) is 0 Å². The Hall–Kier alpha value is -1.08. The van der Waals surface area contributed by atoms with E-state index in [-0.39, 0.29) is 6.04 Å². The zero-order valence-electron chi connectivity index (χ0n) is 10.1. The quantitative estimate of drug-likeness (QED) is 0.876. The van der Waals surface area contributed by atoms with Gasteiger partial charge < -0.3 is 5.11 Å². The molecule has 0 saturated heterocycles. The second-order valence-electron chi connectivity index (χ2n) is 4.22. The first-order valence-corrected chi connectivity index (χ1v) is 5.93. The molecular formula is C13H17ClN2O. The van der Waals surface area contributed by atoms with E-state index in [1.165, 1.54) is 0 Å². The van der Waals surface area contributed by atoms with Gasteiger partial charge in [0.1, 0.15) is 0 Å². The van der Waals surface area contributed by atoms with Crippen molar-refractivity contribution in [1.82, 2.24) is 4.90 Å². The lowest BCUT2D eigenvalue weighted by Gasteiger charge is -2.25. The summed E-state index contributed by atoms with van der Waals surface area (Å²) >= 11 is 5.87. The van der Waals surface area contributed by atoms with Crippen molar-refractivity contribution < 1.29 is 5.11 Å². The maximum Gasteiger partial charge on any atom is 0.0917 e. The summed E-state index contributed by atoms with van der Waals surface area (Å²) in [5.41, 5.74) is 0.800. The third-order valence-corrected chi connectivity index (χ3v) is 3.07. The predicted molar refractivity (Wildman–Crippen MR) is 68.7 cm³/mol. The van der Waals surface area contributed by atoms with E-state index in [2.05, 4.69) is 6.07 Å². The van der Waals surface area contributed by atoms with Crippen molar-refractivity contribution in [2.75, 3.05) is 13.6 Å². The molecule has 92 valence electrons. The third kappa shape index (κ3) is 4.35. The van der Waals surface area contributed by atoms with Gasteiger partial charge in [-0.2, -0.15) is 5.26 Å². The van der Waals surface area contributed by atoms with E-state index >= 15 is 0 Å². The van der Waals surface area contributed by atoms with Gasteiger partial charge in [-0.15, -0.1) is 0 Å². The number of nitrogens with zero attached hydrogens (tertiary/aromatic N) is 2. The van der Waals surface area contributed by atoms with Crippen LogP contribution in [0.4, 0.5) is 0 Å². The Kier molecular flexibility index (Phi) is 5.43. The normalized spacial score (nSPS) is 14.4. The first-order chi connectivity index (χ1) is 8.04. The average Bonchev–Trinajstić information content (AvgIpc) is 2.29. The van der Waals surface area contributed by atoms with Gasteiger partial charge in [-0.1, -0.05) is 23.7 Å². The van der Waals surface area contributed by atoms with Crippen molar-refractivity contribution in [1.29, 1.82) is 5.26 Å². The molecule has 0 aliphatic carbocycles.